The molecule has 4 aromatic rings. The third-order valence-corrected chi connectivity index (χ3v) is 6.31. The van der Waals surface area contributed by atoms with Crippen LogP contribution in [0, 0.1) is 19.8 Å². The first-order chi connectivity index (χ1) is 16.9. The van der Waals surface area contributed by atoms with E-state index in [1.165, 1.54) is 4.90 Å². The number of ketones is 2. The number of anilines is 1. The zero-order valence-electron chi connectivity index (χ0n) is 19.4. The second-order valence-electron chi connectivity index (χ2n) is 8.71. The Hall–Kier alpha value is -4.45. The van der Waals surface area contributed by atoms with Crippen molar-refractivity contribution >= 4 is 23.3 Å². The van der Waals surface area contributed by atoms with Gasteiger partial charge in [0.25, 0.3) is 5.91 Å². The summed E-state index contributed by atoms with van der Waals surface area (Å²) in [5.41, 5.74) is 4.79. The highest BCUT2D eigenvalue weighted by Gasteiger charge is 2.52. The van der Waals surface area contributed by atoms with Crippen LogP contribution >= 0.6 is 0 Å². The lowest BCUT2D eigenvalue weighted by molar-refractivity contribution is -0.135. The van der Waals surface area contributed by atoms with E-state index in [0.717, 1.165) is 16.7 Å². The minimum Gasteiger partial charge on any atom is -0.293 e. The number of hydrogen-bond acceptors (Lipinski definition) is 5. The first-order valence-electron chi connectivity index (χ1n) is 11.4. The molecule has 2 unspecified atom stereocenters. The van der Waals surface area contributed by atoms with Gasteiger partial charge in [-0.25, -0.2) is 0 Å². The van der Waals surface area contributed by atoms with Gasteiger partial charge in [-0.15, -0.1) is 5.10 Å². The van der Waals surface area contributed by atoms with E-state index < -0.39 is 23.7 Å². The molecule has 2 atom stereocenters. The Labute approximate surface area is 203 Å². The predicted octanol–water partition coefficient (Wildman–Crippen LogP) is 4.92. The van der Waals surface area contributed by atoms with Crippen LogP contribution in [0.4, 0.5) is 5.82 Å². The number of carbonyl (C=O) groups is 3. The maximum atomic E-state index is 13.6. The molecule has 0 N–H and O–H groups in total. The Bertz CT molecular complexity index is 1400. The molecule has 1 aliphatic rings. The van der Waals surface area contributed by atoms with Crippen molar-refractivity contribution in [1.29, 1.82) is 0 Å². The number of amides is 1. The van der Waals surface area contributed by atoms with Crippen molar-refractivity contribution in [3.8, 4) is 11.1 Å². The summed E-state index contributed by atoms with van der Waals surface area (Å²) in [6.45, 7) is 3.71. The molecule has 6 heteroatoms. The lowest BCUT2D eigenvalue weighted by atomic mass is 9.85. The largest absolute Gasteiger partial charge is 0.297 e. The van der Waals surface area contributed by atoms with Crippen molar-refractivity contribution < 1.29 is 14.4 Å². The molecule has 1 saturated heterocycles. The molecule has 1 aliphatic heterocycles. The van der Waals surface area contributed by atoms with Crippen molar-refractivity contribution in [2.45, 2.75) is 19.9 Å². The number of aryl methyl sites for hydroxylation is 2. The summed E-state index contributed by atoms with van der Waals surface area (Å²) in [6, 6.07) is 27.1. The zero-order chi connectivity index (χ0) is 24.5. The Morgan fingerprint density at radius 3 is 2.03 bits per heavy atom. The molecular weight excluding hydrogens is 438 g/mol. The van der Waals surface area contributed by atoms with Crippen LogP contribution < -0.4 is 4.90 Å². The number of Topliss-reactive ketones (excluding diaryl/α,β-unsaturated/α-hetero) is 2. The molecule has 1 amide bonds. The third kappa shape index (κ3) is 4.15. The van der Waals surface area contributed by atoms with Gasteiger partial charge >= 0.3 is 0 Å². The summed E-state index contributed by atoms with van der Waals surface area (Å²) in [7, 11) is 0. The molecule has 5 rings (SSSR count). The molecule has 3 aromatic carbocycles. The van der Waals surface area contributed by atoms with E-state index in [4.69, 9.17) is 0 Å². The SMILES string of the molecule is Cc1ccc(C(=O)C2C(=O)C(=O)N(c3ccc(C)nn3)C2c2ccc(-c3ccccc3)cc2)cc1. The fourth-order valence-corrected chi connectivity index (χ4v) is 4.44. The molecule has 0 aliphatic carbocycles. The van der Waals surface area contributed by atoms with E-state index >= 15 is 0 Å². The standard InChI is InChI=1S/C29H23N3O3/c1-18-8-11-23(12-9-18)27(33)25-26(22-15-13-21(14-16-22)20-6-4-3-5-7-20)32(29(35)28(25)34)24-17-10-19(2)30-31-24/h3-17,25-26H,1-2H3. The van der Waals surface area contributed by atoms with Gasteiger partial charge in [0.2, 0.25) is 5.78 Å². The second kappa shape index (κ2) is 9.06. The molecule has 0 radical (unpaired) electrons. The van der Waals surface area contributed by atoms with Crippen LogP contribution in [-0.4, -0.2) is 27.7 Å². The fraction of sp³-hybridized carbons (Fsp3) is 0.138. The van der Waals surface area contributed by atoms with Crippen LogP contribution in [0.15, 0.2) is 91.0 Å². The van der Waals surface area contributed by atoms with Crippen molar-refractivity contribution in [2.24, 2.45) is 5.92 Å². The van der Waals surface area contributed by atoms with Gasteiger partial charge in [-0.05, 0) is 42.7 Å². The Kier molecular flexibility index (Phi) is 5.79. The predicted molar refractivity (Wildman–Crippen MR) is 133 cm³/mol. The summed E-state index contributed by atoms with van der Waals surface area (Å²) >= 11 is 0. The maximum Gasteiger partial charge on any atom is 0.297 e. The molecule has 0 saturated carbocycles. The van der Waals surface area contributed by atoms with Gasteiger partial charge in [0.1, 0.15) is 5.92 Å². The number of hydrogen-bond donors (Lipinski definition) is 0. The Morgan fingerprint density at radius 2 is 1.40 bits per heavy atom. The molecule has 172 valence electrons. The summed E-state index contributed by atoms with van der Waals surface area (Å²) in [4.78, 5) is 41.4. The van der Waals surface area contributed by atoms with Gasteiger partial charge in [0.15, 0.2) is 11.6 Å². The lowest BCUT2D eigenvalue weighted by Crippen LogP contribution is -2.31. The highest BCUT2D eigenvalue weighted by atomic mass is 16.2. The van der Waals surface area contributed by atoms with E-state index in [9.17, 15) is 14.4 Å². The first-order valence-corrected chi connectivity index (χ1v) is 11.4. The average Bonchev–Trinajstić information content (AvgIpc) is 3.15. The van der Waals surface area contributed by atoms with Gasteiger partial charge in [-0.2, -0.15) is 5.10 Å². The monoisotopic (exact) mass is 461 g/mol. The highest BCUT2D eigenvalue weighted by molar-refractivity contribution is 6.48. The molecule has 0 spiro atoms. The summed E-state index contributed by atoms with van der Waals surface area (Å²) in [5.74, 6) is -2.83. The molecule has 1 aromatic heterocycles. The molecule has 1 fully saturated rings. The molecular formula is C29H23N3O3. The molecule has 6 nitrogen and oxygen atoms in total. The number of benzene rings is 3. The van der Waals surface area contributed by atoms with Crippen LogP contribution in [0.2, 0.25) is 0 Å². The second-order valence-corrected chi connectivity index (χ2v) is 8.71. The summed E-state index contributed by atoms with van der Waals surface area (Å²) < 4.78 is 0. The van der Waals surface area contributed by atoms with Crippen molar-refractivity contribution in [1.82, 2.24) is 10.2 Å². The fourth-order valence-electron chi connectivity index (χ4n) is 4.44. The van der Waals surface area contributed by atoms with Gasteiger partial charge in [-0.3, -0.25) is 19.3 Å². The Morgan fingerprint density at radius 1 is 0.743 bits per heavy atom. The third-order valence-electron chi connectivity index (χ3n) is 6.31. The van der Waals surface area contributed by atoms with Crippen LogP contribution in [0.5, 0.6) is 0 Å². The van der Waals surface area contributed by atoms with E-state index in [1.807, 2.05) is 73.7 Å². The minimum absolute atomic E-state index is 0.241. The summed E-state index contributed by atoms with van der Waals surface area (Å²) in [6.07, 6.45) is 0. The van der Waals surface area contributed by atoms with Crippen LogP contribution in [0.1, 0.15) is 33.2 Å². The normalized spacial score (nSPS) is 17.6. The van der Waals surface area contributed by atoms with Crippen molar-refractivity contribution in [3.05, 3.63) is 113 Å². The quantitative estimate of drug-likeness (QED) is 0.240. The van der Waals surface area contributed by atoms with Gasteiger partial charge in [0, 0.05) is 5.56 Å². The van der Waals surface area contributed by atoms with Crippen molar-refractivity contribution in [3.63, 3.8) is 0 Å². The van der Waals surface area contributed by atoms with E-state index in [-0.39, 0.29) is 11.6 Å². The minimum atomic E-state index is -1.18. The molecule has 0 bridgehead atoms. The van der Waals surface area contributed by atoms with Crippen LogP contribution in [0.25, 0.3) is 11.1 Å². The van der Waals surface area contributed by atoms with E-state index in [1.54, 1.807) is 31.2 Å². The van der Waals surface area contributed by atoms with Gasteiger partial charge in [-0.1, -0.05) is 84.4 Å². The van der Waals surface area contributed by atoms with Crippen molar-refractivity contribution in [2.75, 3.05) is 4.90 Å². The lowest BCUT2D eigenvalue weighted by Gasteiger charge is -2.26. The van der Waals surface area contributed by atoms with E-state index in [0.29, 0.717) is 16.8 Å². The van der Waals surface area contributed by atoms with Gasteiger partial charge < -0.3 is 0 Å². The zero-order valence-corrected chi connectivity index (χ0v) is 19.4. The first kappa shape index (κ1) is 22.3. The Balaban J connectivity index is 1.60. The number of nitrogens with zero attached hydrogens (tertiary/aromatic N) is 3. The smallest absolute Gasteiger partial charge is 0.293 e. The summed E-state index contributed by atoms with van der Waals surface area (Å²) in [5, 5.41) is 8.22. The number of rotatable bonds is 5. The molecule has 35 heavy (non-hydrogen) atoms. The highest BCUT2D eigenvalue weighted by Crippen LogP contribution is 2.41. The van der Waals surface area contributed by atoms with E-state index in [2.05, 4.69) is 10.2 Å². The number of aromatic nitrogens is 2. The number of carbonyl (C=O) groups excluding carboxylic acids is 3. The maximum absolute atomic E-state index is 13.6. The van der Waals surface area contributed by atoms with Gasteiger partial charge in [0.05, 0.1) is 11.7 Å². The molecule has 2 heterocycles. The van der Waals surface area contributed by atoms with Crippen LogP contribution in [-0.2, 0) is 9.59 Å². The average molecular weight is 462 g/mol. The van der Waals surface area contributed by atoms with Crippen LogP contribution in [0.3, 0.4) is 0 Å². The topological polar surface area (TPSA) is 80.2 Å².